The smallest absolute Gasteiger partial charge is 0.0413 e. The standard InChI is InChI=1S/C36H61N3/c1-21(2)29-15-31(23(5)6)35(32(16-29)24(7)8)38-27(13)19-37-20-28(14)39-36-33(25(9)10)17-30(22(3)4)18-34(36)26(11)12/h15-18,21-28,37-39H,19-20H2,1-14H3. The number of hydrogen-bond acceptors (Lipinski definition) is 3. The Balaban J connectivity index is 2.15. The van der Waals surface area contributed by atoms with Gasteiger partial charge in [-0.1, -0.05) is 107 Å². The third-order valence-electron chi connectivity index (χ3n) is 7.95. The van der Waals surface area contributed by atoms with E-state index in [4.69, 9.17) is 0 Å². The summed E-state index contributed by atoms with van der Waals surface area (Å²) in [4.78, 5) is 0. The van der Waals surface area contributed by atoms with E-state index in [1.165, 1.54) is 44.8 Å². The SMILES string of the molecule is CC(CNCC(C)Nc1c(C(C)C)cc(C(C)C)cc1C(C)C)Nc1c(C(C)C)cc(C(C)C)cc1C(C)C. The highest BCUT2D eigenvalue weighted by Gasteiger charge is 2.20. The fourth-order valence-electron chi connectivity index (χ4n) is 5.36. The molecule has 0 heterocycles. The topological polar surface area (TPSA) is 36.1 Å². The molecule has 2 aromatic rings. The Labute approximate surface area is 242 Å². The lowest BCUT2D eigenvalue weighted by Crippen LogP contribution is -2.37. The zero-order chi connectivity index (χ0) is 29.6. The van der Waals surface area contributed by atoms with Crippen molar-refractivity contribution in [3.8, 4) is 0 Å². The molecule has 0 amide bonds. The maximum atomic E-state index is 3.91. The maximum Gasteiger partial charge on any atom is 0.0413 e. The van der Waals surface area contributed by atoms with Crippen molar-refractivity contribution in [2.75, 3.05) is 23.7 Å². The molecule has 2 aromatic carbocycles. The van der Waals surface area contributed by atoms with Crippen LogP contribution in [0.4, 0.5) is 11.4 Å². The Bertz CT molecular complexity index is 904. The Kier molecular flexibility index (Phi) is 12.4. The highest BCUT2D eigenvalue weighted by molar-refractivity contribution is 5.63. The van der Waals surface area contributed by atoms with E-state index in [9.17, 15) is 0 Å². The number of anilines is 2. The van der Waals surface area contributed by atoms with Gasteiger partial charge in [0.1, 0.15) is 0 Å². The molecule has 3 heteroatoms. The monoisotopic (exact) mass is 535 g/mol. The van der Waals surface area contributed by atoms with Crippen LogP contribution in [-0.2, 0) is 0 Å². The first-order valence-electron chi connectivity index (χ1n) is 15.7. The van der Waals surface area contributed by atoms with Crippen LogP contribution in [0.1, 0.15) is 166 Å². The number of rotatable bonds is 14. The van der Waals surface area contributed by atoms with Gasteiger partial charge >= 0.3 is 0 Å². The fourth-order valence-corrected chi connectivity index (χ4v) is 5.36. The number of benzene rings is 2. The van der Waals surface area contributed by atoms with Gasteiger partial charge in [-0.3, -0.25) is 0 Å². The molecule has 3 N–H and O–H groups in total. The summed E-state index contributed by atoms with van der Waals surface area (Å²) in [5, 5.41) is 11.6. The van der Waals surface area contributed by atoms with Gasteiger partial charge in [0, 0.05) is 36.5 Å². The normalized spacial score (nSPS) is 13.8. The molecule has 3 nitrogen and oxygen atoms in total. The van der Waals surface area contributed by atoms with E-state index < -0.39 is 0 Å². The Hall–Kier alpha value is -2.00. The van der Waals surface area contributed by atoms with Gasteiger partial charge in [-0.15, -0.1) is 0 Å². The molecule has 0 saturated heterocycles. The third kappa shape index (κ3) is 9.00. The summed E-state index contributed by atoms with van der Waals surface area (Å²) in [6.45, 7) is 34.2. The summed E-state index contributed by atoms with van der Waals surface area (Å²) < 4.78 is 0. The average molecular weight is 536 g/mol. The van der Waals surface area contributed by atoms with Crippen LogP contribution in [0.2, 0.25) is 0 Å². The molecule has 39 heavy (non-hydrogen) atoms. The Morgan fingerprint density at radius 2 is 0.667 bits per heavy atom. The van der Waals surface area contributed by atoms with Crippen molar-refractivity contribution in [1.82, 2.24) is 5.32 Å². The van der Waals surface area contributed by atoms with Crippen molar-refractivity contribution < 1.29 is 0 Å². The van der Waals surface area contributed by atoms with Crippen LogP contribution in [0.5, 0.6) is 0 Å². The lowest BCUT2D eigenvalue weighted by molar-refractivity contribution is 0.595. The molecule has 0 aliphatic heterocycles. The van der Waals surface area contributed by atoms with E-state index in [2.05, 4.69) is 137 Å². The molecule has 0 saturated carbocycles. The highest BCUT2D eigenvalue weighted by Crippen LogP contribution is 2.37. The second kappa shape index (κ2) is 14.6. The maximum absolute atomic E-state index is 3.91. The summed E-state index contributed by atoms with van der Waals surface area (Å²) in [6.07, 6.45) is 0. The van der Waals surface area contributed by atoms with Crippen molar-refractivity contribution in [1.29, 1.82) is 0 Å². The third-order valence-corrected chi connectivity index (χ3v) is 7.95. The first-order valence-corrected chi connectivity index (χ1v) is 15.7. The van der Waals surface area contributed by atoms with E-state index in [1.807, 2.05) is 0 Å². The van der Waals surface area contributed by atoms with E-state index in [0.717, 1.165) is 13.1 Å². The lowest BCUT2D eigenvalue weighted by atomic mass is 9.87. The minimum Gasteiger partial charge on any atom is -0.381 e. The van der Waals surface area contributed by atoms with Gasteiger partial charge in [-0.25, -0.2) is 0 Å². The van der Waals surface area contributed by atoms with Crippen LogP contribution in [0, 0.1) is 0 Å². The van der Waals surface area contributed by atoms with Gasteiger partial charge in [0.2, 0.25) is 0 Å². The zero-order valence-electron chi connectivity index (χ0n) is 27.8. The highest BCUT2D eigenvalue weighted by atomic mass is 15.0. The van der Waals surface area contributed by atoms with E-state index in [1.54, 1.807) is 0 Å². The average Bonchev–Trinajstić information content (AvgIpc) is 2.82. The second-order valence-electron chi connectivity index (χ2n) is 13.8. The molecular formula is C36H61N3. The van der Waals surface area contributed by atoms with Gasteiger partial charge in [0.05, 0.1) is 0 Å². The van der Waals surface area contributed by atoms with Gasteiger partial charge in [0.15, 0.2) is 0 Å². The summed E-state index contributed by atoms with van der Waals surface area (Å²) in [5.41, 5.74) is 11.4. The molecule has 0 spiro atoms. The Morgan fingerprint density at radius 1 is 0.410 bits per heavy atom. The minimum atomic E-state index is 0.333. The van der Waals surface area contributed by atoms with Crippen molar-refractivity contribution in [2.24, 2.45) is 0 Å². The summed E-state index contributed by atoms with van der Waals surface area (Å²) in [7, 11) is 0. The van der Waals surface area contributed by atoms with Gasteiger partial charge in [-0.2, -0.15) is 0 Å². The quantitative estimate of drug-likeness (QED) is 0.225. The predicted molar refractivity (Wildman–Crippen MR) is 176 cm³/mol. The number of hydrogen-bond donors (Lipinski definition) is 3. The molecule has 0 aliphatic rings. The van der Waals surface area contributed by atoms with Crippen molar-refractivity contribution in [2.45, 2.75) is 145 Å². The van der Waals surface area contributed by atoms with Crippen molar-refractivity contribution >= 4 is 11.4 Å². The van der Waals surface area contributed by atoms with Crippen molar-refractivity contribution in [3.05, 3.63) is 57.6 Å². The van der Waals surface area contributed by atoms with Crippen LogP contribution in [0.25, 0.3) is 0 Å². The summed E-state index contributed by atoms with van der Waals surface area (Å²) >= 11 is 0. The fraction of sp³-hybridized carbons (Fsp3) is 0.667. The first-order chi connectivity index (χ1) is 18.1. The minimum absolute atomic E-state index is 0.333. The van der Waals surface area contributed by atoms with E-state index in [-0.39, 0.29) is 0 Å². The molecule has 0 radical (unpaired) electrons. The molecule has 0 aliphatic carbocycles. The van der Waals surface area contributed by atoms with Crippen molar-refractivity contribution in [3.63, 3.8) is 0 Å². The lowest BCUT2D eigenvalue weighted by Gasteiger charge is -2.28. The van der Waals surface area contributed by atoms with Crippen LogP contribution >= 0.6 is 0 Å². The molecule has 0 aromatic heterocycles. The van der Waals surface area contributed by atoms with Crippen LogP contribution in [0.3, 0.4) is 0 Å². The van der Waals surface area contributed by atoms with Gasteiger partial charge in [-0.05, 0) is 82.7 Å². The van der Waals surface area contributed by atoms with Gasteiger partial charge < -0.3 is 16.0 Å². The molecule has 0 bridgehead atoms. The largest absolute Gasteiger partial charge is 0.381 e. The van der Waals surface area contributed by atoms with Crippen LogP contribution < -0.4 is 16.0 Å². The van der Waals surface area contributed by atoms with Crippen LogP contribution in [-0.4, -0.2) is 25.2 Å². The molecular weight excluding hydrogens is 474 g/mol. The molecule has 220 valence electrons. The Morgan fingerprint density at radius 3 is 0.872 bits per heavy atom. The van der Waals surface area contributed by atoms with Gasteiger partial charge in [0.25, 0.3) is 0 Å². The molecule has 0 fully saturated rings. The molecule has 2 rings (SSSR count). The molecule has 2 unspecified atom stereocenters. The van der Waals surface area contributed by atoms with E-state index in [0.29, 0.717) is 47.6 Å². The van der Waals surface area contributed by atoms with E-state index >= 15 is 0 Å². The first kappa shape index (κ1) is 33.2. The number of nitrogens with one attached hydrogen (secondary N) is 3. The summed E-state index contributed by atoms with van der Waals surface area (Å²) in [6, 6.07) is 10.4. The summed E-state index contributed by atoms with van der Waals surface area (Å²) in [5.74, 6) is 3.02. The second-order valence-corrected chi connectivity index (χ2v) is 13.8. The predicted octanol–water partition coefficient (Wildman–Crippen LogP) is 10.3. The zero-order valence-corrected chi connectivity index (χ0v) is 27.8. The molecule has 2 atom stereocenters. The van der Waals surface area contributed by atoms with Crippen LogP contribution in [0.15, 0.2) is 24.3 Å².